The number of carboxylic acid groups (broad SMARTS) is 1. The fourth-order valence-electron chi connectivity index (χ4n) is 1.54. The number of carbonyl (C=O) groups is 1. The monoisotopic (exact) mass is 267 g/mol. The summed E-state index contributed by atoms with van der Waals surface area (Å²) in [4.78, 5) is 15.1. The van der Waals surface area contributed by atoms with Gasteiger partial charge < -0.3 is 14.4 Å². The zero-order valence-corrected chi connectivity index (χ0v) is 10.5. The van der Waals surface area contributed by atoms with Gasteiger partial charge in [-0.25, -0.2) is 9.48 Å². The lowest BCUT2D eigenvalue weighted by Crippen LogP contribution is -2.11. The van der Waals surface area contributed by atoms with Crippen molar-refractivity contribution in [3.8, 4) is 0 Å². The molecule has 9 nitrogen and oxygen atoms in total. The molecule has 19 heavy (non-hydrogen) atoms. The molecular weight excluding hydrogens is 254 g/mol. The summed E-state index contributed by atoms with van der Waals surface area (Å²) in [7, 11) is 1.46. The molecule has 0 radical (unpaired) electrons. The second kappa shape index (κ2) is 5.57. The number of nitrogens with zero attached hydrogens (tertiary/aromatic N) is 5. The highest BCUT2D eigenvalue weighted by atomic mass is 16.5. The van der Waals surface area contributed by atoms with Crippen molar-refractivity contribution in [2.24, 2.45) is 0 Å². The molecule has 2 heterocycles. The van der Waals surface area contributed by atoms with Gasteiger partial charge in [-0.1, -0.05) is 17.3 Å². The van der Waals surface area contributed by atoms with Crippen molar-refractivity contribution < 1.29 is 19.2 Å². The molecule has 2 aromatic rings. The van der Waals surface area contributed by atoms with Gasteiger partial charge in [0.05, 0.1) is 12.3 Å². The minimum Gasteiger partial charge on any atom is -0.476 e. The maximum Gasteiger partial charge on any atom is 0.358 e. The Morgan fingerprint density at radius 1 is 1.53 bits per heavy atom. The van der Waals surface area contributed by atoms with E-state index in [2.05, 4.69) is 20.5 Å². The summed E-state index contributed by atoms with van der Waals surface area (Å²) in [5, 5.41) is 20.1. The Kier molecular flexibility index (Phi) is 3.85. The minimum atomic E-state index is -1.15. The van der Waals surface area contributed by atoms with E-state index in [9.17, 15) is 4.79 Å². The average Bonchev–Trinajstić information content (AvgIpc) is 2.98. The first-order valence-corrected chi connectivity index (χ1v) is 5.61. The first kappa shape index (κ1) is 13.1. The molecule has 102 valence electrons. The molecule has 0 fully saturated rings. The number of aromatic carboxylic acids is 1. The van der Waals surface area contributed by atoms with Crippen molar-refractivity contribution >= 4 is 5.97 Å². The van der Waals surface area contributed by atoms with Gasteiger partial charge in [-0.3, -0.25) is 0 Å². The fourth-order valence-corrected chi connectivity index (χ4v) is 1.54. The Bertz CT molecular complexity index is 576. The van der Waals surface area contributed by atoms with Crippen LogP contribution >= 0.6 is 0 Å². The number of rotatable bonds is 6. The van der Waals surface area contributed by atoms with E-state index in [0.29, 0.717) is 23.8 Å². The van der Waals surface area contributed by atoms with Crippen molar-refractivity contribution in [1.82, 2.24) is 25.1 Å². The smallest absolute Gasteiger partial charge is 0.358 e. The summed E-state index contributed by atoms with van der Waals surface area (Å²) in [5.74, 6) is -0.224. The topological polar surface area (TPSA) is 116 Å². The number of hydrogen-bond acceptors (Lipinski definition) is 7. The lowest BCUT2D eigenvalue weighted by atomic mass is 10.3. The molecule has 0 aliphatic carbocycles. The minimum absolute atomic E-state index is 0.0904. The van der Waals surface area contributed by atoms with Gasteiger partial charge in [0.25, 0.3) is 0 Å². The second-order valence-corrected chi connectivity index (χ2v) is 3.74. The van der Waals surface area contributed by atoms with E-state index in [4.69, 9.17) is 14.4 Å². The van der Waals surface area contributed by atoms with Crippen molar-refractivity contribution in [3.63, 3.8) is 0 Å². The zero-order chi connectivity index (χ0) is 13.8. The van der Waals surface area contributed by atoms with Crippen molar-refractivity contribution in [2.75, 3.05) is 7.11 Å². The molecule has 0 aliphatic heterocycles. The van der Waals surface area contributed by atoms with E-state index in [1.54, 1.807) is 0 Å². The SMILES string of the molecule is CCc1nc(Cn2nnc(C(=O)O)c2COC)no1. The molecule has 0 saturated heterocycles. The number of carboxylic acids is 1. The van der Waals surface area contributed by atoms with Gasteiger partial charge >= 0.3 is 5.97 Å². The van der Waals surface area contributed by atoms with Gasteiger partial charge in [-0.15, -0.1) is 5.10 Å². The van der Waals surface area contributed by atoms with E-state index in [1.807, 2.05) is 6.92 Å². The van der Waals surface area contributed by atoms with Crippen LogP contribution in [0.4, 0.5) is 0 Å². The van der Waals surface area contributed by atoms with E-state index in [-0.39, 0.29) is 18.8 Å². The molecule has 0 saturated carbocycles. The fraction of sp³-hybridized carbons (Fsp3) is 0.500. The van der Waals surface area contributed by atoms with Crippen LogP contribution in [0.2, 0.25) is 0 Å². The van der Waals surface area contributed by atoms with Crippen molar-refractivity contribution in [1.29, 1.82) is 0 Å². The molecule has 9 heteroatoms. The van der Waals surface area contributed by atoms with Crippen molar-refractivity contribution in [2.45, 2.75) is 26.5 Å². The Morgan fingerprint density at radius 2 is 2.32 bits per heavy atom. The van der Waals surface area contributed by atoms with Gasteiger partial charge in [-0.05, 0) is 0 Å². The highest BCUT2D eigenvalue weighted by Gasteiger charge is 2.20. The molecule has 0 aliphatic rings. The van der Waals surface area contributed by atoms with Gasteiger partial charge in [-0.2, -0.15) is 4.98 Å². The molecule has 0 bridgehead atoms. The molecule has 1 N–H and O–H groups in total. The molecule has 0 amide bonds. The van der Waals surface area contributed by atoms with Gasteiger partial charge in [0, 0.05) is 13.5 Å². The normalized spacial score (nSPS) is 10.8. The van der Waals surface area contributed by atoms with Crippen LogP contribution in [0.5, 0.6) is 0 Å². The van der Waals surface area contributed by atoms with Gasteiger partial charge in [0.1, 0.15) is 6.54 Å². The first-order chi connectivity index (χ1) is 9.15. The summed E-state index contributed by atoms with van der Waals surface area (Å²) in [6.45, 7) is 2.17. The third-order valence-corrected chi connectivity index (χ3v) is 2.43. The Labute approximate surface area is 108 Å². The molecule has 2 aromatic heterocycles. The van der Waals surface area contributed by atoms with Crippen LogP contribution in [0, 0.1) is 0 Å². The summed E-state index contributed by atoms with van der Waals surface area (Å²) in [6.07, 6.45) is 0.635. The van der Waals surface area contributed by atoms with E-state index in [1.165, 1.54) is 11.8 Å². The molecule has 0 spiro atoms. The summed E-state index contributed by atoms with van der Waals surface area (Å²) >= 11 is 0. The highest BCUT2D eigenvalue weighted by Crippen LogP contribution is 2.09. The first-order valence-electron chi connectivity index (χ1n) is 5.61. The Hall–Kier alpha value is -2.29. The highest BCUT2D eigenvalue weighted by molar-refractivity contribution is 5.86. The third kappa shape index (κ3) is 2.76. The van der Waals surface area contributed by atoms with Crippen LogP contribution in [0.15, 0.2) is 4.52 Å². The standard InChI is InChI=1S/C10H13N5O4/c1-3-8-11-7(13-19-8)4-15-6(5-18-2)9(10(16)17)12-14-15/h3-5H2,1-2H3,(H,16,17). The van der Waals surface area contributed by atoms with E-state index < -0.39 is 5.97 Å². The van der Waals surface area contributed by atoms with Crippen LogP contribution in [0.25, 0.3) is 0 Å². The van der Waals surface area contributed by atoms with Crippen LogP contribution in [-0.4, -0.2) is 43.3 Å². The van der Waals surface area contributed by atoms with Crippen LogP contribution in [0.1, 0.15) is 34.8 Å². The largest absolute Gasteiger partial charge is 0.476 e. The number of ether oxygens (including phenoxy) is 1. The Morgan fingerprint density at radius 3 is 2.89 bits per heavy atom. The lowest BCUT2D eigenvalue weighted by molar-refractivity contribution is 0.0684. The molecule has 2 rings (SSSR count). The summed E-state index contributed by atoms with van der Waals surface area (Å²) in [6, 6.07) is 0. The van der Waals surface area contributed by atoms with Crippen LogP contribution < -0.4 is 0 Å². The maximum atomic E-state index is 11.0. The third-order valence-electron chi connectivity index (χ3n) is 2.43. The van der Waals surface area contributed by atoms with E-state index >= 15 is 0 Å². The molecule has 0 unspecified atom stereocenters. The average molecular weight is 267 g/mol. The number of hydrogen-bond donors (Lipinski definition) is 1. The number of methoxy groups -OCH3 is 1. The Balaban J connectivity index is 2.26. The van der Waals surface area contributed by atoms with E-state index in [0.717, 1.165) is 0 Å². The van der Waals surface area contributed by atoms with Gasteiger partial charge in [0.15, 0.2) is 11.5 Å². The maximum absolute atomic E-state index is 11.0. The summed E-state index contributed by atoms with van der Waals surface area (Å²) < 4.78 is 11.3. The number of aromatic nitrogens is 5. The molecule has 0 aromatic carbocycles. The number of aryl methyl sites for hydroxylation is 1. The predicted octanol–water partition coefficient (Wildman–Crippen LogP) is 0.116. The predicted molar refractivity (Wildman–Crippen MR) is 60.5 cm³/mol. The van der Waals surface area contributed by atoms with Crippen molar-refractivity contribution in [3.05, 3.63) is 23.1 Å². The molecular formula is C10H13N5O4. The zero-order valence-electron chi connectivity index (χ0n) is 10.5. The second-order valence-electron chi connectivity index (χ2n) is 3.74. The molecule has 0 atom stereocenters. The summed E-state index contributed by atoms with van der Waals surface area (Å²) in [5.41, 5.74) is 0.221. The lowest BCUT2D eigenvalue weighted by Gasteiger charge is -2.03. The van der Waals surface area contributed by atoms with Gasteiger partial charge in [0.2, 0.25) is 5.89 Å². The quantitative estimate of drug-likeness (QED) is 0.784. The van der Waals surface area contributed by atoms with Crippen LogP contribution in [0.3, 0.4) is 0 Å². The van der Waals surface area contributed by atoms with Crippen LogP contribution in [-0.2, 0) is 24.3 Å².